The normalized spacial score (nSPS) is 11.4. The number of aryl methyl sites for hydroxylation is 1. The molecule has 0 aliphatic heterocycles. The van der Waals surface area contributed by atoms with Gasteiger partial charge in [-0.05, 0) is 25.6 Å². The molecule has 0 aromatic heterocycles. The summed E-state index contributed by atoms with van der Waals surface area (Å²) >= 11 is 0. The van der Waals surface area contributed by atoms with Crippen LogP contribution in [0.25, 0.3) is 11.1 Å². The molecule has 0 fully saturated rings. The van der Waals surface area contributed by atoms with Gasteiger partial charge in [0.15, 0.2) is 0 Å². The Balaban J connectivity index is 2.62. The molecular weight excluding hydrogens is 246 g/mol. The molecular formula is C14H15NO2S. The van der Waals surface area contributed by atoms with E-state index >= 15 is 0 Å². The van der Waals surface area contributed by atoms with Crippen LogP contribution in [0.4, 0.5) is 0 Å². The van der Waals surface area contributed by atoms with Crippen molar-refractivity contribution < 1.29 is 8.42 Å². The summed E-state index contributed by atoms with van der Waals surface area (Å²) in [6.07, 6.45) is 0. The molecule has 0 saturated carbocycles. The molecule has 0 bridgehead atoms. The van der Waals surface area contributed by atoms with Gasteiger partial charge in [0.25, 0.3) is 0 Å². The molecule has 18 heavy (non-hydrogen) atoms. The lowest BCUT2D eigenvalue weighted by atomic mass is 10.0. The smallest absolute Gasteiger partial charge is 0.214 e. The average molecular weight is 261 g/mol. The third-order valence-electron chi connectivity index (χ3n) is 2.81. The third-order valence-corrected chi connectivity index (χ3v) is 4.28. The molecule has 0 aliphatic rings. The van der Waals surface area contributed by atoms with Gasteiger partial charge in [-0.25, -0.2) is 13.1 Å². The Bertz CT molecular complexity index is 646. The largest absolute Gasteiger partial charge is 0.240 e. The monoisotopic (exact) mass is 261 g/mol. The van der Waals surface area contributed by atoms with Gasteiger partial charge in [0.2, 0.25) is 10.0 Å². The molecule has 0 amide bonds. The maximum Gasteiger partial charge on any atom is 0.240 e. The van der Waals surface area contributed by atoms with Crippen molar-refractivity contribution in [3.05, 3.63) is 54.1 Å². The molecule has 4 heteroatoms. The second-order valence-corrected chi connectivity index (χ2v) is 5.92. The van der Waals surface area contributed by atoms with Crippen molar-refractivity contribution in [2.45, 2.75) is 11.8 Å². The van der Waals surface area contributed by atoms with Crippen LogP contribution in [0.15, 0.2) is 53.4 Å². The van der Waals surface area contributed by atoms with Gasteiger partial charge < -0.3 is 0 Å². The Morgan fingerprint density at radius 2 is 1.56 bits per heavy atom. The number of rotatable bonds is 3. The van der Waals surface area contributed by atoms with Gasteiger partial charge in [-0.3, -0.25) is 0 Å². The van der Waals surface area contributed by atoms with Crippen molar-refractivity contribution in [2.24, 2.45) is 0 Å². The fourth-order valence-electron chi connectivity index (χ4n) is 1.78. The zero-order chi connectivity index (χ0) is 13.2. The zero-order valence-corrected chi connectivity index (χ0v) is 11.2. The summed E-state index contributed by atoms with van der Waals surface area (Å²) in [5.74, 6) is 0. The highest BCUT2D eigenvalue weighted by Gasteiger charge is 2.16. The summed E-state index contributed by atoms with van der Waals surface area (Å²) in [4.78, 5) is 0.302. The second kappa shape index (κ2) is 4.92. The summed E-state index contributed by atoms with van der Waals surface area (Å²) in [7, 11) is -2.02. The van der Waals surface area contributed by atoms with Crippen LogP contribution in [-0.4, -0.2) is 15.5 Å². The Morgan fingerprint density at radius 1 is 0.944 bits per heavy atom. The van der Waals surface area contributed by atoms with Crippen LogP contribution in [-0.2, 0) is 10.0 Å². The van der Waals surface area contributed by atoms with E-state index in [1.54, 1.807) is 12.1 Å². The Hall–Kier alpha value is -1.65. The average Bonchev–Trinajstić information content (AvgIpc) is 2.40. The fourth-order valence-corrected chi connectivity index (χ4v) is 2.74. The van der Waals surface area contributed by atoms with Crippen molar-refractivity contribution in [3.8, 4) is 11.1 Å². The molecule has 2 rings (SSSR count). The van der Waals surface area contributed by atoms with E-state index in [1.807, 2.05) is 43.3 Å². The summed E-state index contributed by atoms with van der Waals surface area (Å²) in [6, 6.07) is 14.8. The van der Waals surface area contributed by atoms with Gasteiger partial charge in [-0.15, -0.1) is 0 Å². The summed E-state index contributed by atoms with van der Waals surface area (Å²) in [6.45, 7) is 2.00. The Morgan fingerprint density at radius 3 is 2.17 bits per heavy atom. The van der Waals surface area contributed by atoms with Crippen LogP contribution in [0, 0.1) is 6.92 Å². The van der Waals surface area contributed by atoms with Crippen molar-refractivity contribution in [3.63, 3.8) is 0 Å². The van der Waals surface area contributed by atoms with E-state index in [0.717, 1.165) is 11.1 Å². The van der Waals surface area contributed by atoms with E-state index in [9.17, 15) is 8.42 Å². The van der Waals surface area contributed by atoms with Gasteiger partial charge in [-0.1, -0.05) is 48.0 Å². The van der Waals surface area contributed by atoms with Gasteiger partial charge in [-0.2, -0.15) is 0 Å². The van der Waals surface area contributed by atoms with E-state index in [2.05, 4.69) is 4.72 Å². The quantitative estimate of drug-likeness (QED) is 0.923. The Labute approximate surface area is 108 Å². The van der Waals surface area contributed by atoms with Crippen molar-refractivity contribution in [1.29, 1.82) is 0 Å². The number of benzene rings is 2. The van der Waals surface area contributed by atoms with Gasteiger partial charge in [0.1, 0.15) is 0 Å². The maximum atomic E-state index is 12.0. The molecule has 0 atom stereocenters. The molecule has 2 aromatic carbocycles. The Kier molecular flexibility index (Phi) is 3.50. The van der Waals surface area contributed by atoms with Gasteiger partial charge >= 0.3 is 0 Å². The number of sulfonamides is 1. The van der Waals surface area contributed by atoms with Crippen molar-refractivity contribution in [2.75, 3.05) is 7.05 Å². The van der Waals surface area contributed by atoms with Crippen LogP contribution >= 0.6 is 0 Å². The standard InChI is InChI=1S/C14H15NO2S/c1-11-7-9-12(10-8-11)13-5-3-4-6-14(13)18(16,17)15-2/h3-10,15H,1-2H3. The first-order chi connectivity index (χ1) is 8.54. The highest BCUT2D eigenvalue weighted by Crippen LogP contribution is 2.27. The molecule has 0 radical (unpaired) electrons. The zero-order valence-electron chi connectivity index (χ0n) is 10.3. The summed E-state index contributed by atoms with van der Waals surface area (Å²) in [5.41, 5.74) is 2.76. The topological polar surface area (TPSA) is 46.2 Å². The lowest BCUT2D eigenvalue weighted by Crippen LogP contribution is -2.19. The summed E-state index contributed by atoms with van der Waals surface area (Å²) < 4.78 is 26.3. The fraction of sp³-hybridized carbons (Fsp3) is 0.143. The maximum absolute atomic E-state index is 12.0. The van der Waals surface area contributed by atoms with Crippen LogP contribution in [0.3, 0.4) is 0 Å². The molecule has 2 aromatic rings. The molecule has 1 N–H and O–H groups in total. The van der Waals surface area contributed by atoms with E-state index in [1.165, 1.54) is 7.05 Å². The molecule has 3 nitrogen and oxygen atoms in total. The number of nitrogens with one attached hydrogen (secondary N) is 1. The summed E-state index contributed by atoms with van der Waals surface area (Å²) in [5, 5.41) is 0. The second-order valence-electron chi connectivity index (χ2n) is 4.07. The van der Waals surface area contributed by atoms with Crippen molar-refractivity contribution in [1.82, 2.24) is 4.72 Å². The molecule has 0 saturated heterocycles. The minimum Gasteiger partial charge on any atom is -0.214 e. The van der Waals surface area contributed by atoms with Crippen LogP contribution < -0.4 is 4.72 Å². The van der Waals surface area contributed by atoms with Gasteiger partial charge in [0.05, 0.1) is 4.90 Å². The van der Waals surface area contributed by atoms with Crippen LogP contribution in [0.5, 0.6) is 0 Å². The van der Waals surface area contributed by atoms with E-state index in [0.29, 0.717) is 10.5 Å². The molecule has 0 spiro atoms. The number of hydrogen-bond acceptors (Lipinski definition) is 2. The number of hydrogen-bond donors (Lipinski definition) is 1. The molecule has 0 aliphatic carbocycles. The van der Waals surface area contributed by atoms with E-state index in [-0.39, 0.29) is 0 Å². The minimum absolute atomic E-state index is 0.302. The highest BCUT2D eigenvalue weighted by molar-refractivity contribution is 7.89. The van der Waals surface area contributed by atoms with Crippen molar-refractivity contribution >= 4 is 10.0 Å². The van der Waals surface area contributed by atoms with Gasteiger partial charge in [0, 0.05) is 5.56 Å². The lowest BCUT2D eigenvalue weighted by molar-refractivity contribution is 0.588. The molecule has 94 valence electrons. The first kappa shape index (κ1) is 12.8. The molecule has 0 heterocycles. The van der Waals surface area contributed by atoms with E-state index < -0.39 is 10.0 Å². The minimum atomic E-state index is -3.44. The first-order valence-corrected chi connectivity index (χ1v) is 7.12. The van der Waals surface area contributed by atoms with Crippen LogP contribution in [0.2, 0.25) is 0 Å². The lowest BCUT2D eigenvalue weighted by Gasteiger charge is -2.09. The van der Waals surface area contributed by atoms with E-state index in [4.69, 9.17) is 0 Å². The predicted octanol–water partition coefficient (Wildman–Crippen LogP) is 2.57. The third kappa shape index (κ3) is 2.44. The SMILES string of the molecule is CNS(=O)(=O)c1ccccc1-c1ccc(C)cc1. The van der Waals surface area contributed by atoms with Crippen LogP contribution in [0.1, 0.15) is 5.56 Å². The molecule has 0 unspecified atom stereocenters. The predicted molar refractivity (Wildman–Crippen MR) is 72.9 cm³/mol. The highest BCUT2D eigenvalue weighted by atomic mass is 32.2. The first-order valence-electron chi connectivity index (χ1n) is 5.64.